The molecule has 1 aromatic heterocycles. The summed E-state index contributed by atoms with van der Waals surface area (Å²) < 4.78 is 0. The van der Waals surface area contributed by atoms with E-state index < -0.39 is 0 Å². The largest absolute Gasteiger partial charge is 0.310 e. The smallest absolute Gasteiger partial charge is 0.231 e. The molecule has 21 heavy (non-hydrogen) atoms. The Labute approximate surface area is 124 Å². The van der Waals surface area contributed by atoms with Crippen LogP contribution in [0.4, 0.5) is 11.6 Å². The fraction of sp³-hybridized carbons (Fsp3) is 0.353. The van der Waals surface area contributed by atoms with Crippen molar-refractivity contribution in [2.75, 3.05) is 11.4 Å². The molecule has 0 atom stereocenters. The third kappa shape index (κ3) is 1.97. The van der Waals surface area contributed by atoms with Crippen LogP contribution < -0.4 is 4.90 Å². The number of rotatable bonds is 1. The summed E-state index contributed by atoms with van der Waals surface area (Å²) in [4.78, 5) is 11.4. The Bertz CT molecular complexity index is 745. The Morgan fingerprint density at radius 2 is 1.90 bits per heavy atom. The Hall–Kier alpha value is -2.41. The van der Waals surface area contributed by atoms with Crippen molar-refractivity contribution in [1.29, 1.82) is 5.26 Å². The highest BCUT2D eigenvalue weighted by molar-refractivity contribution is 5.66. The highest BCUT2D eigenvalue weighted by atomic mass is 15.3. The van der Waals surface area contributed by atoms with E-state index in [1.54, 1.807) is 0 Å². The summed E-state index contributed by atoms with van der Waals surface area (Å²) in [5.74, 6) is 0.692. The maximum absolute atomic E-state index is 9.40. The molecule has 4 rings (SSSR count). The van der Waals surface area contributed by atoms with E-state index in [0.717, 1.165) is 49.9 Å². The first-order valence-electron chi connectivity index (χ1n) is 7.52. The first-order valence-corrected chi connectivity index (χ1v) is 7.52. The Balaban J connectivity index is 1.82. The van der Waals surface area contributed by atoms with Crippen LogP contribution in [0.15, 0.2) is 24.3 Å². The first-order chi connectivity index (χ1) is 10.4. The highest BCUT2D eigenvalue weighted by Crippen LogP contribution is 2.33. The lowest BCUT2D eigenvalue weighted by atomic mass is 9.95. The molecule has 104 valence electrons. The quantitative estimate of drug-likeness (QED) is 0.803. The summed E-state index contributed by atoms with van der Waals surface area (Å²) in [6.45, 7) is 0.892. The molecular formula is C17H16N4. The number of hydrogen-bond donors (Lipinski definition) is 0. The van der Waals surface area contributed by atoms with E-state index in [4.69, 9.17) is 4.98 Å². The number of anilines is 2. The summed E-state index contributed by atoms with van der Waals surface area (Å²) in [7, 11) is 0. The summed E-state index contributed by atoms with van der Waals surface area (Å²) in [5.41, 5.74) is 5.22. The molecule has 2 aliphatic rings. The Kier molecular flexibility index (Phi) is 2.85. The van der Waals surface area contributed by atoms with Crippen molar-refractivity contribution in [3.63, 3.8) is 0 Å². The van der Waals surface area contributed by atoms with E-state index in [1.807, 2.05) is 6.07 Å². The van der Waals surface area contributed by atoms with E-state index in [-0.39, 0.29) is 0 Å². The second kappa shape index (κ2) is 4.85. The van der Waals surface area contributed by atoms with Crippen LogP contribution in [0.1, 0.15) is 35.4 Å². The van der Waals surface area contributed by atoms with Gasteiger partial charge in [0.15, 0.2) is 0 Å². The van der Waals surface area contributed by atoms with Crippen LogP contribution in [0.25, 0.3) is 0 Å². The third-order valence-electron chi connectivity index (χ3n) is 4.41. The Morgan fingerprint density at radius 3 is 2.81 bits per heavy atom. The molecule has 0 amide bonds. The summed E-state index contributed by atoms with van der Waals surface area (Å²) in [6, 6.07) is 10.6. The van der Waals surface area contributed by atoms with E-state index in [0.29, 0.717) is 11.6 Å². The predicted octanol–water partition coefficient (Wildman–Crippen LogP) is 2.92. The minimum Gasteiger partial charge on any atom is -0.310 e. The first kappa shape index (κ1) is 12.3. The lowest BCUT2D eigenvalue weighted by Gasteiger charge is -2.21. The van der Waals surface area contributed by atoms with Crippen LogP contribution in [0.3, 0.4) is 0 Å². The van der Waals surface area contributed by atoms with Gasteiger partial charge in [0.05, 0.1) is 5.69 Å². The molecule has 0 unspecified atom stereocenters. The zero-order valence-corrected chi connectivity index (χ0v) is 11.8. The Morgan fingerprint density at radius 1 is 1.05 bits per heavy atom. The molecule has 0 bridgehead atoms. The molecule has 1 aliphatic carbocycles. The molecule has 0 saturated heterocycles. The molecule has 0 N–H and O–H groups in total. The topological polar surface area (TPSA) is 52.8 Å². The van der Waals surface area contributed by atoms with E-state index in [2.05, 4.69) is 34.2 Å². The van der Waals surface area contributed by atoms with Crippen molar-refractivity contribution < 1.29 is 0 Å². The summed E-state index contributed by atoms with van der Waals surface area (Å²) in [6.07, 6.45) is 5.21. The van der Waals surface area contributed by atoms with Crippen molar-refractivity contribution in [1.82, 2.24) is 9.97 Å². The average Bonchev–Trinajstić information content (AvgIpc) is 2.98. The standard InChI is InChI=1S/C17H16N4/c18-11-15-13-6-2-3-7-14(13)19-17(20-15)21-10-9-12-5-1-4-8-16(12)21/h1,4-5,8H,2-3,6-7,9-10H2. The molecule has 0 spiro atoms. The van der Waals surface area contributed by atoms with Gasteiger partial charge in [0.2, 0.25) is 5.95 Å². The number of nitriles is 1. The number of hydrogen-bond acceptors (Lipinski definition) is 4. The number of benzene rings is 1. The number of nitrogens with zero attached hydrogens (tertiary/aromatic N) is 4. The van der Waals surface area contributed by atoms with Gasteiger partial charge >= 0.3 is 0 Å². The van der Waals surface area contributed by atoms with Gasteiger partial charge in [0.1, 0.15) is 11.8 Å². The average molecular weight is 276 g/mol. The zero-order valence-electron chi connectivity index (χ0n) is 11.8. The van der Waals surface area contributed by atoms with Crippen LogP contribution in [0.5, 0.6) is 0 Å². The van der Waals surface area contributed by atoms with Crippen molar-refractivity contribution in [2.45, 2.75) is 32.1 Å². The van der Waals surface area contributed by atoms with E-state index >= 15 is 0 Å². The van der Waals surface area contributed by atoms with Crippen molar-refractivity contribution in [2.24, 2.45) is 0 Å². The molecular weight excluding hydrogens is 260 g/mol. The number of fused-ring (bicyclic) bond motifs is 2. The molecule has 1 aromatic carbocycles. The fourth-order valence-corrected chi connectivity index (χ4v) is 3.34. The molecule has 2 heterocycles. The van der Waals surface area contributed by atoms with Gasteiger partial charge in [-0.1, -0.05) is 18.2 Å². The van der Waals surface area contributed by atoms with Gasteiger partial charge in [-0.15, -0.1) is 0 Å². The molecule has 0 saturated carbocycles. The number of aromatic nitrogens is 2. The normalized spacial score (nSPS) is 16.2. The fourth-order valence-electron chi connectivity index (χ4n) is 3.34. The monoisotopic (exact) mass is 276 g/mol. The predicted molar refractivity (Wildman–Crippen MR) is 80.5 cm³/mol. The van der Waals surface area contributed by atoms with Gasteiger partial charge < -0.3 is 4.90 Å². The minimum absolute atomic E-state index is 0.569. The van der Waals surface area contributed by atoms with Gasteiger partial charge in [-0.2, -0.15) is 5.26 Å². The number of para-hydroxylation sites is 1. The SMILES string of the molecule is N#Cc1nc(N2CCc3ccccc32)nc2c1CCCC2. The van der Waals surface area contributed by atoms with Crippen LogP contribution in [-0.2, 0) is 19.3 Å². The number of aryl methyl sites for hydroxylation is 1. The zero-order chi connectivity index (χ0) is 14.2. The minimum atomic E-state index is 0.569. The summed E-state index contributed by atoms with van der Waals surface area (Å²) in [5, 5.41) is 9.40. The lowest BCUT2D eigenvalue weighted by molar-refractivity contribution is 0.658. The maximum Gasteiger partial charge on any atom is 0.231 e. The van der Waals surface area contributed by atoms with Gasteiger partial charge in [-0.25, -0.2) is 9.97 Å². The molecule has 4 heteroatoms. The highest BCUT2D eigenvalue weighted by Gasteiger charge is 2.25. The van der Waals surface area contributed by atoms with Gasteiger partial charge in [0.25, 0.3) is 0 Å². The van der Waals surface area contributed by atoms with Crippen LogP contribution in [-0.4, -0.2) is 16.5 Å². The van der Waals surface area contributed by atoms with Gasteiger partial charge in [0, 0.05) is 17.8 Å². The molecule has 0 radical (unpaired) electrons. The maximum atomic E-state index is 9.40. The van der Waals surface area contributed by atoms with Crippen molar-refractivity contribution >= 4 is 11.6 Å². The second-order valence-corrected chi connectivity index (χ2v) is 5.65. The lowest BCUT2D eigenvalue weighted by Crippen LogP contribution is -2.20. The van der Waals surface area contributed by atoms with Crippen LogP contribution >= 0.6 is 0 Å². The molecule has 2 aromatic rings. The van der Waals surface area contributed by atoms with E-state index in [1.165, 1.54) is 11.3 Å². The van der Waals surface area contributed by atoms with E-state index in [9.17, 15) is 5.26 Å². The molecule has 0 fully saturated rings. The second-order valence-electron chi connectivity index (χ2n) is 5.65. The van der Waals surface area contributed by atoms with Gasteiger partial charge in [-0.05, 0) is 43.7 Å². The van der Waals surface area contributed by atoms with Crippen molar-refractivity contribution in [3.8, 4) is 6.07 Å². The third-order valence-corrected chi connectivity index (χ3v) is 4.41. The summed E-state index contributed by atoms with van der Waals surface area (Å²) >= 11 is 0. The van der Waals surface area contributed by atoms with Crippen molar-refractivity contribution in [3.05, 3.63) is 46.8 Å². The van der Waals surface area contributed by atoms with Crippen LogP contribution in [0.2, 0.25) is 0 Å². The van der Waals surface area contributed by atoms with Gasteiger partial charge in [-0.3, -0.25) is 0 Å². The van der Waals surface area contributed by atoms with Crippen LogP contribution in [0, 0.1) is 11.3 Å². The molecule has 1 aliphatic heterocycles. The molecule has 4 nitrogen and oxygen atoms in total.